The maximum absolute atomic E-state index is 14.1. The zero-order valence-corrected chi connectivity index (χ0v) is 11.1. The molecule has 0 heterocycles. The smallest absolute Gasteiger partial charge is 0.317 e. The molecule has 1 atom stereocenters. The number of alkyl halides is 2. The van der Waals surface area contributed by atoms with Gasteiger partial charge in [-0.15, -0.1) is 0 Å². The normalized spacial score (nSPS) is 13.5. The van der Waals surface area contributed by atoms with Gasteiger partial charge in [0.1, 0.15) is 0 Å². The fraction of sp³-hybridized carbons (Fsp3) is 0.500. The second-order valence-corrected chi connectivity index (χ2v) is 4.63. The SMILES string of the molecule is CCC(C)N(CC(=O)O)CC(F)(F)c1ccccc1. The molecule has 1 unspecified atom stereocenters. The van der Waals surface area contributed by atoms with Crippen LogP contribution in [0.1, 0.15) is 25.8 Å². The molecule has 0 bridgehead atoms. The van der Waals surface area contributed by atoms with Crippen molar-refractivity contribution in [1.82, 2.24) is 4.90 Å². The molecular weight excluding hydrogens is 252 g/mol. The number of hydrogen-bond donors (Lipinski definition) is 1. The van der Waals surface area contributed by atoms with Gasteiger partial charge in [0.15, 0.2) is 0 Å². The highest BCUT2D eigenvalue weighted by Gasteiger charge is 2.35. The van der Waals surface area contributed by atoms with E-state index in [0.29, 0.717) is 6.42 Å². The molecule has 0 radical (unpaired) electrons. The number of carbonyl (C=O) groups is 1. The summed E-state index contributed by atoms with van der Waals surface area (Å²) < 4.78 is 28.2. The Bertz CT molecular complexity index is 409. The molecule has 0 aromatic heterocycles. The molecule has 3 nitrogen and oxygen atoms in total. The molecule has 0 spiro atoms. The highest BCUT2D eigenvalue weighted by atomic mass is 19.3. The van der Waals surface area contributed by atoms with Crippen LogP contribution in [0, 0.1) is 0 Å². The van der Waals surface area contributed by atoms with Crippen LogP contribution >= 0.6 is 0 Å². The molecule has 0 amide bonds. The predicted molar refractivity (Wildman–Crippen MR) is 69.3 cm³/mol. The second kappa shape index (κ2) is 6.61. The Kier molecular flexibility index (Phi) is 5.42. The lowest BCUT2D eigenvalue weighted by Crippen LogP contribution is -2.43. The third-order valence-corrected chi connectivity index (χ3v) is 3.15. The molecule has 106 valence electrons. The van der Waals surface area contributed by atoms with E-state index in [-0.39, 0.29) is 18.2 Å². The van der Waals surface area contributed by atoms with E-state index in [0.717, 1.165) is 0 Å². The first-order chi connectivity index (χ1) is 8.86. The standard InChI is InChI=1S/C14H19F2NO2/c1-3-11(2)17(9-13(18)19)10-14(15,16)12-7-5-4-6-8-12/h4-8,11H,3,9-10H2,1-2H3,(H,18,19). The molecule has 5 heteroatoms. The van der Waals surface area contributed by atoms with Gasteiger partial charge < -0.3 is 5.11 Å². The zero-order chi connectivity index (χ0) is 14.5. The van der Waals surface area contributed by atoms with Crippen molar-refractivity contribution in [3.8, 4) is 0 Å². The topological polar surface area (TPSA) is 40.5 Å². The van der Waals surface area contributed by atoms with E-state index in [2.05, 4.69) is 0 Å². The van der Waals surface area contributed by atoms with Crippen molar-refractivity contribution < 1.29 is 18.7 Å². The van der Waals surface area contributed by atoms with Gasteiger partial charge in [-0.1, -0.05) is 37.3 Å². The van der Waals surface area contributed by atoms with Crippen LogP contribution in [0.25, 0.3) is 0 Å². The van der Waals surface area contributed by atoms with Gasteiger partial charge in [-0.2, -0.15) is 8.78 Å². The van der Waals surface area contributed by atoms with E-state index in [1.54, 1.807) is 25.1 Å². The van der Waals surface area contributed by atoms with Gasteiger partial charge in [0.2, 0.25) is 0 Å². The predicted octanol–water partition coefficient (Wildman–Crippen LogP) is 2.96. The van der Waals surface area contributed by atoms with Gasteiger partial charge in [-0.3, -0.25) is 9.69 Å². The van der Waals surface area contributed by atoms with Crippen LogP contribution in [0.2, 0.25) is 0 Å². The molecule has 0 saturated heterocycles. The number of aliphatic carboxylic acids is 1. The summed E-state index contributed by atoms with van der Waals surface area (Å²) in [7, 11) is 0. The minimum Gasteiger partial charge on any atom is -0.480 e. The minimum atomic E-state index is -3.06. The van der Waals surface area contributed by atoms with Crippen LogP contribution in [0.15, 0.2) is 30.3 Å². The van der Waals surface area contributed by atoms with E-state index in [9.17, 15) is 13.6 Å². The highest BCUT2D eigenvalue weighted by molar-refractivity contribution is 5.69. The Hall–Kier alpha value is -1.49. The summed E-state index contributed by atoms with van der Waals surface area (Å²) in [5.74, 6) is -4.15. The van der Waals surface area contributed by atoms with Gasteiger partial charge in [-0.25, -0.2) is 0 Å². The lowest BCUT2D eigenvalue weighted by molar-refractivity contribution is -0.140. The van der Waals surface area contributed by atoms with Crippen molar-refractivity contribution in [2.45, 2.75) is 32.2 Å². The van der Waals surface area contributed by atoms with Gasteiger partial charge in [-0.05, 0) is 13.3 Å². The van der Waals surface area contributed by atoms with Crippen LogP contribution in [-0.4, -0.2) is 35.1 Å². The largest absolute Gasteiger partial charge is 0.480 e. The molecule has 0 aliphatic rings. The molecule has 1 aromatic carbocycles. The maximum atomic E-state index is 14.1. The van der Waals surface area contributed by atoms with E-state index in [1.807, 2.05) is 6.92 Å². The summed E-state index contributed by atoms with van der Waals surface area (Å²) in [5.41, 5.74) is -0.0892. The number of nitrogens with zero attached hydrogens (tertiary/aromatic N) is 1. The number of carboxylic acid groups (broad SMARTS) is 1. The molecule has 19 heavy (non-hydrogen) atoms. The molecule has 1 aromatic rings. The summed E-state index contributed by atoms with van der Waals surface area (Å²) in [4.78, 5) is 12.1. The van der Waals surface area contributed by atoms with Gasteiger partial charge >= 0.3 is 5.97 Å². The van der Waals surface area contributed by atoms with Crippen molar-refractivity contribution in [3.63, 3.8) is 0 Å². The van der Waals surface area contributed by atoms with Crippen LogP contribution in [-0.2, 0) is 10.7 Å². The summed E-state index contributed by atoms with van der Waals surface area (Å²) in [6.07, 6.45) is 0.623. The maximum Gasteiger partial charge on any atom is 0.317 e. The molecule has 0 fully saturated rings. The molecule has 1 N–H and O–H groups in total. The van der Waals surface area contributed by atoms with E-state index >= 15 is 0 Å². The van der Waals surface area contributed by atoms with Gasteiger partial charge in [0, 0.05) is 11.6 Å². The van der Waals surface area contributed by atoms with Crippen LogP contribution < -0.4 is 0 Å². The number of hydrogen-bond acceptors (Lipinski definition) is 2. The lowest BCUT2D eigenvalue weighted by Gasteiger charge is -2.30. The second-order valence-electron chi connectivity index (χ2n) is 4.63. The number of rotatable bonds is 7. The Balaban J connectivity index is 2.85. The summed E-state index contributed by atoms with van der Waals surface area (Å²) in [6, 6.07) is 7.28. The molecule has 0 aliphatic heterocycles. The average molecular weight is 271 g/mol. The third-order valence-electron chi connectivity index (χ3n) is 3.15. The van der Waals surface area contributed by atoms with Crippen LogP contribution in [0.4, 0.5) is 8.78 Å². The first-order valence-corrected chi connectivity index (χ1v) is 6.26. The van der Waals surface area contributed by atoms with Crippen molar-refractivity contribution in [1.29, 1.82) is 0 Å². The van der Waals surface area contributed by atoms with Crippen molar-refractivity contribution in [3.05, 3.63) is 35.9 Å². The zero-order valence-electron chi connectivity index (χ0n) is 11.1. The quantitative estimate of drug-likeness (QED) is 0.829. The molecule has 1 rings (SSSR count). The number of carboxylic acids is 1. The van der Waals surface area contributed by atoms with Crippen LogP contribution in [0.5, 0.6) is 0 Å². The first-order valence-electron chi connectivity index (χ1n) is 6.26. The fourth-order valence-electron chi connectivity index (χ4n) is 1.83. The van der Waals surface area contributed by atoms with Gasteiger partial charge in [0.05, 0.1) is 13.1 Å². The van der Waals surface area contributed by atoms with Gasteiger partial charge in [0.25, 0.3) is 5.92 Å². The van der Waals surface area contributed by atoms with Crippen LogP contribution in [0.3, 0.4) is 0 Å². The summed E-state index contributed by atoms with van der Waals surface area (Å²) >= 11 is 0. The molecular formula is C14H19F2NO2. The Morgan fingerprint density at radius 1 is 1.37 bits per heavy atom. The lowest BCUT2D eigenvalue weighted by atomic mass is 10.1. The average Bonchev–Trinajstić information content (AvgIpc) is 2.37. The number of halogens is 2. The highest BCUT2D eigenvalue weighted by Crippen LogP contribution is 2.29. The molecule has 0 saturated carbocycles. The van der Waals surface area contributed by atoms with E-state index < -0.39 is 18.4 Å². The first kappa shape index (κ1) is 15.6. The fourth-order valence-corrected chi connectivity index (χ4v) is 1.83. The molecule has 0 aliphatic carbocycles. The third kappa shape index (κ3) is 4.59. The number of benzene rings is 1. The Labute approximate surface area is 111 Å². The monoisotopic (exact) mass is 271 g/mol. The minimum absolute atomic E-state index is 0.0892. The van der Waals surface area contributed by atoms with E-state index in [4.69, 9.17) is 5.11 Å². The van der Waals surface area contributed by atoms with Crippen molar-refractivity contribution in [2.75, 3.05) is 13.1 Å². The van der Waals surface area contributed by atoms with Crippen molar-refractivity contribution >= 4 is 5.97 Å². The Morgan fingerprint density at radius 3 is 2.42 bits per heavy atom. The Morgan fingerprint density at radius 2 is 1.95 bits per heavy atom. The summed E-state index contributed by atoms with van der Waals surface area (Å²) in [5, 5.41) is 8.81. The van der Waals surface area contributed by atoms with E-state index in [1.165, 1.54) is 17.0 Å². The van der Waals surface area contributed by atoms with Crippen molar-refractivity contribution in [2.24, 2.45) is 0 Å². The summed E-state index contributed by atoms with van der Waals surface area (Å²) in [6.45, 7) is 2.64.